The van der Waals surface area contributed by atoms with Crippen LogP contribution in [0.4, 0.5) is 0 Å². The maximum absolute atomic E-state index is 4.98. The highest BCUT2D eigenvalue weighted by Crippen LogP contribution is 2.18. The first-order valence-electron chi connectivity index (χ1n) is 2.94. The fourth-order valence-corrected chi connectivity index (χ4v) is 0.561. The smallest absolute Gasteiger partial charge is 0.105 e. The molecule has 1 rings (SSSR count). The van der Waals surface area contributed by atoms with Crippen LogP contribution in [-0.2, 0) is 4.74 Å². The fraction of sp³-hybridized carbons (Fsp3) is 0.250. The first kappa shape index (κ1) is 6.30. The Labute approximate surface area is 55.3 Å². The largest absolute Gasteiger partial charge is 0.368 e. The third-order valence-electron chi connectivity index (χ3n) is 1.19. The lowest BCUT2D eigenvalue weighted by Crippen LogP contribution is -1.83. The fourth-order valence-electron chi connectivity index (χ4n) is 0.561. The molecule has 0 aliphatic carbocycles. The summed E-state index contributed by atoms with van der Waals surface area (Å²) in [5, 5.41) is 0. The molecule has 0 aromatic rings. The van der Waals surface area contributed by atoms with Crippen LogP contribution in [0.1, 0.15) is 0 Å². The topological polar surface area (TPSA) is 12.5 Å². The molecule has 1 fully saturated rings. The lowest BCUT2D eigenvalue weighted by Gasteiger charge is -1.86. The van der Waals surface area contributed by atoms with Gasteiger partial charge in [-0.25, -0.2) is 0 Å². The van der Waals surface area contributed by atoms with Crippen LogP contribution in [-0.4, -0.2) is 12.7 Å². The van der Waals surface area contributed by atoms with E-state index in [0.717, 1.165) is 12.2 Å². The van der Waals surface area contributed by atoms with E-state index in [-0.39, 0.29) is 0 Å². The van der Waals surface area contributed by atoms with E-state index in [1.165, 1.54) is 0 Å². The molecule has 0 aromatic heterocycles. The minimum absolute atomic E-state index is 0.293. The van der Waals surface area contributed by atoms with Crippen LogP contribution in [0.25, 0.3) is 0 Å². The zero-order chi connectivity index (χ0) is 6.69. The lowest BCUT2D eigenvalue weighted by molar-refractivity contribution is 0.435. The van der Waals surface area contributed by atoms with Gasteiger partial charge >= 0.3 is 0 Å². The summed E-state index contributed by atoms with van der Waals surface area (Å²) in [6.07, 6.45) is 5.81. The highest BCUT2D eigenvalue weighted by molar-refractivity contribution is 5.24. The van der Waals surface area contributed by atoms with E-state index in [2.05, 4.69) is 13.2 Å². The van der Waals surface area contributed by atoms with Crippen molar-refractivity contribution in [1.29, 1.82) is 0 Å². The summed E-state index contributed by atoms with van der Waals surface area (Å²) in [7, 11) is 0. The van der Waals surface area contributed by atoms with E-state index in [0.29, 0.717) is 6.10 Å². The third-order valence-corrected chi connectivity index (χ3v) is 1.19. The third kappa shape index (κ3) is 1.86. The summed E-state index contributed by atoms with van der Waals surface area (Å²) in [5.41, 5.74) is 1.04. The SMILES string of the molecule is C=C/C=C\C(=C)C1CO1. The molecule has 48 valence electrons. The van der Waals surface area contributed by atoms with Gasteiger partial charge in [-0.15, -0.1) is 0 Å². The Morgan fingerprint density at radius 2 is 2.33 bits per heavy atom. The van der Waals surface area contributed by atoms with E-state index in [1.807, 2.05) is 12.2 Å². The van der Waals surface area contributed by atoms with Crippen LogP contribution in [0, 0.1) is 0 Å². The molecule has 1 heterocycles. The van der Waals surface area contributed by atoms with Crippen molar-refractivity contribution in [3.63, 3.8) is 0 Å². The standard InChI is InChI=1S/C8H10O/c1-3-4-5-7(2)8-6-9-8/h3-5,8H,1-2,6H2/b5-4-. The summed E-state index contributed by atoms with van der Waals surface area (Å²) < 4.78 is 4.98. The van der Waals surface area contributed by atoms with E-state index < -0.39 is 0 Å². The Morgan fingerprint density at radius 1 is 1.67 bits per heavy atom. The van der Waals surface area contributed by atoms with Crippen LogP contribution in [0.5, 0.6) is 0 Å². The van der Waals surface area contributed by atoms with Crippen molar-refractivity contribution in [2.75, 3.05) is 6.61 Å². The molecule has 1 nitrogen and oxygen atoms in total. The molecule has 1 unspecified atom stereocenters. The van der Waals surface area contributed by atoms with Gasteiger partial charge in [0.15, 0.2) is 0 Å². The zero-order valence-electron chi connectivity index (χ0n) is 5.34. The summed E-state index contributed by atoms with van der Waals surface area (Å²) in [5.74, 6) is 0. The number of hydrogen-bond donors (Lipinski definition) is 0. The normalized spacial score (nSPS) is 24.2. The minimum Gasteiger partial charge on any atom is -0.368 e. The highest BCUT2D eigenvalue weighted by atomic mass is 16.6. The monoisotopic (exact) mass is 122 g/mol. The quantitative estimate of drug-likeness (QED) is 0.410. The Hall–Kier alpha value is -0.820. The van der Waals surface area contributed by atoms with Crippen molar-refractivity contribution in [2.24, 2.45) is 0 Å². The van der Waals surface area contributed by atoms with Crippen LogP contribution < -0.4 is 0 Å². The minimum atomic E-state index is 0.293. The van der Waals surface area contributed by atoms with Gasteiger partial charge in [0, 0.05) is 0 Å². The molecule has 1 heteroatoms. The van der Waals surface area contributed by atoms with Gasteiger partial charge in [0.2, 0.25) is 0 Å². The second-order valence-electron chi connectivity index (χ2n) is 1.99. The predicted molar refractivity (Wildman–Crippen MR) is 38.2 cm³/mol. The Balaban J connectivity index is 2.33. The average Bonchev–Trinajstić information content (AvgIpc) is 2.63. The molecular formula is C8H10O. The van der Waals surface area contributed by atoms with Crippen molar-refractivity contribution in [3.8, 4) is 0 Å². The molecule has 0 amide bonds. The molecular weight excluding hydrogens is 112 g/mol. The zero-order valence-corrected chi connectivity index (χ0v) is 5.34. The molecule has 0 aromatic carbocycles. The second kappa shape index (κ2) is 2.65. The number of rotatable bonds is 3. The van der Waals surface area contributed by atoms with Crippen molar-refractivity contribution >= 4 is 0 Å². The van der Waals surface area contributed by atoms with E-state index >= 15 is 0 Å². The molecule has 0 radical (unpaired) electrons. The number of allylic oxidation sites excluding steroid dienone is 2. The van der Waals surface area contributed by atoms with Gasteiger partial charge in [-0.1, -0.05) is 31.4 Å². The Morgan fingerprint density at radius 3 is 2.78 bits per heavy atom. The molecule has 1 saturated heterocycles. The maximum Gasteiger partial charge on any atom is 0.105 e. The number of hydrogen-bond acceptors (Lipinski definition) is 1. The Bertz CT molecular complexity index is 152. The molecule has 9 heavy (non-hydrogen) atoms. The maximum atomic E-state index is 4.98. The molecule has 1 aliphatic rings. The number of epoxide rings is 1. The first-order valence-corrected chi connectivity index (χ1v) is 2.94. The van der Waals surface area contributed by atoms with E-state index in [4.69, 9.17) is 4.74 Å². The van der Waals surface area contributed by atoms with Crippen LogP contribution >= 0.6 is 0 Å². The van der Waals surface area contributed by atoms with Crippen molar-refractivity contribution in [1.82, 2.24) is 0 Å². The molecule has 0 bridgehead atoms. The molecule has 0 N–H and O–H groups in total. The van der Waals surface area contributed by atoms with Gasteiger partial charge < -0.3 is 4.74 Å². The van der Waals surface area contributed by atoms with Gasteiger partial charge in [-0.05, 0) is 5.57 Å². The molecule has 0 spiro atoms. The van der Waals surface area contributed by atoms with E-state index in [9.17, 15) is 0 Å². The first-order chi connectivity index (χ1) is 4.34. The van der Waals surface area contributed by atoms with Crippen molar-refractivity contribution in [3.05, 3.63) is 37.0 Å². The van der Waals surface area contributed by atoms with Gasteiger partial charge in [-0.3, -0.25) is 0 Å². The van der Waals surface area contributed by atoms with Gasteiger partial charge in [-0.2, -0.15) is 0 Å². The highest BCUT2D eigenvalue weighted by Gasteiger charge is 2.23. The molecule has 1 atom stereocenters. The predicted octanol–water partition coefficient (Wildman–Crippen LogP) is 1.68. The summed E-state index contributed by atoms with van der Waals surface area (Å²) in [6, 6.07) is 0. The summed E-state index contributed by atoms with van der Waals surface area (Å²) >= 11 is 0. The van der Waals surface area contributed by atoms with Gasteiger partial charge in [0.1, 0.15) is 6.10 Å². The lowest BCUT2D eigenvalue weighted by atomic mass is 10.2. The summed E-state index contributed by atoms with van der Waals surface area (Å²) in [4.78, 5) is 0. The molecule has 1 aliphatic heterocycles. The Kier molecular flexibility index (Phi) is 1.85. The number of ether oxygens (including phenoxy) is 1. The second-order valence-corrected chi connectivity index (χ2v) is 1.99. The van der Waals surface area contributed by atoms with Gasteiger partial charge in [0.05, 0.1) is 6.61 Å². The van der Waals surface area contributed by atoms with Crippen molar-refractivity contribution in [2.45, 2.75) is 6.10 Å². The molecule has 0 saturated carbocycles. The average molecular weight is 122 g/mol. The summed E-state index contributed by atoms with van der Waals surface area (Å²) in [6.45, 7) is 8.17. The van der Waals surface area contributed by atoms with Crippen molar-refractivity contribution < 1.29 is 4.74 Å². The van der Waals surface area contributed by atoms with Crippen LogP contribution in [0.3, 0.4) is 0 Å². The van der Waals surface area contributed by atoms with Crippen LogP contribution in [0.2, 0.25) is 0 Å². The van der Waals surface area contributed by atoms with E-state index in [1.54, 1.807) is 6.08 Å². The van der Waals surface area contributed by atoms with Gasteiger partial charge in [0.25, 0.3) is 0 Å². The van der Waals surface area contributed by atoms with Crippen LogP contribution in [0.15, 0.2) is 37.0 Å².